The fourth-order valence-electron chi connectivity index (χ4n) is 1.57. The Morgan fingerprint density at radius 2 is 1.89 bits per heavy atom. The normalized spacial score (nSPS) is 15.7. The van der Waals surface area contributed by atoms with Crippen molar-refractivity contribution in [3.8, 4) is 0 Å². The molecule has 4 amide bonds. The Kier molecular flexibility index (Phi) is 3.49. The van der Waals surface area contributed by atoms with Gasteiger partial charge in [-0.1, -0.05) is 17.7 Å². The first-order valence-corrected chi connectivity index (χ1v) is 6.26. The maximum Gasteiger partial charge on any atom is 0.334 e. The minimum absolute atomic E-state index is 0.0328. The third-order valence-electron chi connectivity index (χ3n) is 2.39. The molecule has 0 spiro atoms. The lowest BCUT2D eigenvalue weighted by Gasteiger charge is -2.12. The number of nitrogens with zero attached hydrogens (tertiary/aromatic N) is 2. The molecule has 0 N–H and O–H groups in total. The molecule has 18 heavy (non-hydrogen) atoms. The zero-order valence-electron chi connectivity index (χ0n) is 9.26. The fourth-order valence-corrected chi connectivity index (χ4v) is 2.65. The van der Waals surface area contributed by atoms with Crippen LogP contribution < -0.4 is 0 Å². The van der Waals surface area contributed by atoms with Gasteiger partial charge < -0.3 is 0 Å². The summed E-state index contributed by atoms with van der Waals surface area (Å²) in [5.41, 5.74) is 0. The van der Waals surface area contributed by atoms with Gasteiger partial charge in [-0.15, -0.1) is 17.9 Å². The number of hydrogen-bond donors (Lipinski definition) is 0. The van der Waals surface area contributed by atoms with Crippen molar-refractivity contribution in [3.63, 3.8) is 0 Å². The van der Waals surface area contributed by atoms with Crippen molar-refractivity contribution < 1.29 is 14.4 Å². The van der Waals surface area contributed by atoms with E-state index in [1.54, 1.807) is 12.1 Å². The molecule has 1 aliphatic heterocycles. The summed E-state index contributed by atoms with van der Waals surface area (Å²) in [6, 6.07) is 2.78. The molecule has 0 radical (unpaired) electrons. The van der Waals surface area contributed by atoms with E-state index in [-0.39, 0.29) is 13.1 Å². The predicted molar refractivity (Wildman–Crippen MR) is 67.2 cm³/mol. The molecular formula is C11H9ClN2O3S. The van der Waals surface area contributed by atoms with E-state index in [0.29, 0.717) is 4.34 Å². The summed E-state index contributed by atoms with van der Waals surface area (Å²) in [5, 5.41) is 0. The van der Waals surface area contributed by atoms with Crippen LogP contribution in [0, 0.1) is 0 Å². The van der Waals surface area contributed by atoms with Gasteiger partial charge in [-0.25, -0.2) is 4.79 Å². The van der Waals surface area contributed by atoms with Crippen molar-refractivity contribution in [3.05, 3.63) is 34.0 Å². The number of imide groups is 2. The molecule has 2 rings (SSSR count). The van der Waals surface area contributed by atoms with Crippen LogP contribution in [-0.4, -0.2) is 34.2 Å². The number of urea groups is 1. The summed E-state index contributed by atoms with van der Waals surface area (Å²) < 4.78 is 0.568. The summed E-state index contributed by atoms with van der Waals surface area (Å²) in [5.74, 6) is -1.63. The van der Waals surface area contributed by atoms with Crippen molar-refractivity contribution in [2.45, 2.75) is 6.54 Å². The van der Waals surface area contributed by atoms with Crippen LogP contribution in [0.4, 0.5) is 4.79 Å². The average Bonchev–Trinajstić information content (AvgIpc) is 2.83. The molecule has 5 nitrogen and oxygen atoms in total. The molecule has 7 heteroatoms. The minimum Gasteiger partial charge on any atom is -0.263 e. The number of carbonyl (C=O) groups is 3. The smallest absolute Gasteiger partial charge is 0.263 e. The van der Waals surface area contributed by atoms with Gasteiger partial charge in [-0.3, -0.25) is 19.4 Å². The topological polar surface area (TPSA) is 57.7 Å². The lowest BCUT2D eigenvalue weighted by molar-refractivity contribution is -0.143. The van der Waals surface area contributed by atoms with E-state index in [2.05, 4.69) is 6.58 Å². The van der Waals surface area contributed by atoms with Gasteiger partial charge in [0.05, 0.1) is 10.9 Å². The van der Waals surface area contributed by atoms with E-state index < -0.39 is 17.8 Å². The zero-order valence-corrected chi connectivity index (χ0v) is 10.8. The van der Waals surface area contributed by atoms with Crippen molar-refractivity contribution in [2.24, 2.45) is 0 Å². The summed E-state index contributed by atoms with van der Waals surface area (Å²) in [6.07, 6.45) is 1.40. The van der Waals surface area contributed by atoms with Crippen molar-refractivity contribution in [2.75, 3.05) is 6.54 Å². The molecule has 0 saturated carbocycles. The number of amides is 4. The Hall–Kier alpha value is -1.66. The van der Waals surface area contributed by atoms with Gasteiger partial charge in [0.2, 0.25) is 0 Å². The van der Waals surface area contributed by atoms with Gasteiger partial charge >= 0.3 is 17.8 Å². The Morgan fingerprint density at radius 3 is 2.44 bits per heavy atom. The third-order valence-corrected chi connectivity index (χ3v) is 3.61. The van der Waals surface area contributed by atoms with Crippen LogP contribution >= 0.6 is 22.9 Å². The van der Waals surface area contributed by atoms with Gasteiger partial charge in [-0.2, -0.15) is 0 Å². The lowest BCUT2D eigenvalue weighted by atomic mass is 10.4. The number of rotatable bonds is 4. The van der Waals surface area contributed by atoms with Crippen molar-refractivity contribution in [1.82, 2.24) is 9.80 Å². The Labute approximate surface area is 112 Å². The maximum absolute atomic E-state index is 11.9. The molecule has 1 aliphatic rings. The van der Waals surface area contributed by atoms with Gasteiger partial charge in [0, 0.05) is 11.4 Å². The minimum atomic E-state index is -0.817. The Bertz CT molecular complexity index is 540. The van der Waals surface area contributed by atoms with E-state index in [4.69, 9.17) is 11.6 Å². The summed E-state index contributed by atoms with van der Waals surface area (Å²) in [4.78, 5) is 37.6. The average molecular weight is 285 g/mol. The summed E-state index contributed by atoms with van der Waals surface area (Å²) >= 11 is 7.03. The largest absolute Gasteiger partial charge is 0.334 e. The number of halogens is 1. The highest BCUT2D eigenvalue weighted by Crippen LogP contribution is 2.24. The van der Waals surface area contributed by atoms with Crippen LogP contribution in [0.15, 0.2) is 24.8 Å². The molecule has 0 bridgehead atoms. The highest BCUT2D eigenvalue weighted by atomic mass is 35.5. The SMILES string of the molecule is C=CCN1C(=O)C(=O)N(Cc2ccc(Cl)s2)C1=O. The predicted octanol–water partition coefficient (Wildman–Crippen LogP) is 1.88. The molecular weight excluding hydrogens is 276 g/mol. The second-order valence-electron chi connectivity index (χ2n) is 3.58. The van der Waals surface area contributed by atoms with Crippen LogP contribution in [0.1, 0.15) is 4.88 Å². The summed E-state index contributed by atoms with van der Waals surface area (Å²) in [7, 11) is 0. The first-order valence-electron chi connectivity index (χ1n) is 5.07. The highest BCUT2D eigenvalue weighted by molar-refractivity contribution is 7.16. The van der Waals surface area contributed by atoms with E-state index in [9.17, 15) is 14.4 Å². The van der Waals surface area contributed by atoms with Gasteiger partial charge in [0.1, 0.15) is 0 Å². The first kappa shape index (κ1) is 12.8. The Balaban J connectivity index is 2.18. The van der Waals surface area contributed by atoms with E-state index in [0.717, 1.165) is 14.7 Å². The molecule has 2 heterocycles. The van der Waals surface area contributed by atoms with E-state index >= 15 is 0 Å². The molecule has 0 unspecified atom stereocenters. The Morgan fingerprint density at radius 1 is 1.22 bits per heavy atom. The quantitative estimate of drug-likeness (QED) is 0.482. The molecule has 0 aliphatic carbocycles. The van der Waals surface area contributed by atoms with Crippen LogP contribution in [0.3, 0.4) is 0 Å². The van der Waals surface area contributed by atoms with Gasteiger partial charge in [0.15, 0.2) is 0 Å². The number of hydrogen-bond acceptors (Lipinski definition) is 4. The summed E-state index contributed by atoms with van der Waals surface area (Å²) in [6.45, 7) is 3.54. The van der Waals surface area contributed by atoms with Crippen LogP contribution in [0.25, 0.3) is 0 Å². The third kappa shape index (κ3) is 2.16. The number of thiophene rings is 1. The molecule has 1 aromatic heterocycles. The molecule has 1 saturated heterocycles. The molecule has 0 atom stereocenters. The monoisotopic (exact) mass is 284 g/mol. The van der Waals surface area contributed by atoms with Crippen molar-refractivity contribution >= 4 is 40.8 Å². The molecule has 0 aromatic carbocycles. The standard InChI is InChI=1S/C11H9ClN2O3S/c1-2-5-13-9(15)10(16)14(11(13)17)6-7-3-4-8(12)18-7/h2-4H,1,5-6H2. The lowest BCUT2D eigenvalue weighted by Crippen LogP contribution is -2.32. The molecule has 1 aromatic rings. The highest BCUT2D eigenvalue weighted by Gasteiger charge is 2.43. The number of carbonyl (C=O) groups excluding carboxylic acids is 3. The van der Waals surface area contributed by atoms with E-state index in [1.165, 1.54) is 17.4 Å². The van der Waals surface area contributed by atoms with Gasteiger partial charge in [0.25, 0.3) is 0 Å². The van der Waals surface area contributed by atoms with Crippen LogP contribution in [-0.2, 0) is 16.1 Å². The van der Waals surface area contributed by atoms with E-state index in [1.807, 2.05) is 0 Å². The molecule has 94 valence electrons. The van der Waals surface area contributed by atoms with Crippen LogP contribution in [0.5, 0.6) is 0 Å². The first-order chi connectivity index (χ1) is 8.54. The maximum atomic E-state index is 11.9. The second kappa shape index (κ2) is 4.91. The fraction of sp³-hybridized carbons (Fsp3) is 0.182. The molecule has 1 fully saturated rings. The second-order valence-corrected chi connectivity index (χ2v) is 5.38. The van der Waals surface area contributed by atoms with Crippen molar-refractivity contribution in [1.29, 1.82) is 0 Å². The van der Waals surface area contributed by atoms with Crippen LogP contribution in [0.2, 0.25) is 4.34 Å². The van der Waals surface area contributed by atoms with Gasteiger partial charge in [-0.05, 0) is 12.1 Å². The zero-order chi connectivity index (χ0) is 13.3.